The number of benzene rings is 1. The average molecular weight is 326 g/mol. The van der Waals surface area contributed by atoms with E-state index in [9.17, 15) is 4.79 Å². The predicted octanol–water partition coefficient (Wildman–Crippen LogP) is 1.36. The fourth-order valence-electron chi connectivity index (χ4n) is 3.76. The molecule has 0 spiro atoms. The Labute approximate surface area is 141 Å². The van der Waals surface area contributed by atoms with Crippen molar-refractivity contribution in [3.63, 3.8) is 0 Å². The minimum atomic E-state index is 0.127. The Hall–Kier alpha value is -2.28. The highest BCUT2D eigenvalue weighted by molar-refractivity contribution is 5.94. The molecule has 1 atom stereocenters. The molecule has 0 N–H and O–H groups in total. The molecule has 0 unspecified atom stereocenters. The van der Waals surface area contributed by atoms with E-state index in [1.54, 1.807) is 11.0 Å². The Kier molecular flexibility index (Phi) is 4.25. The van der Waals surface area contributed by atoms with Crippen LogP contribution in [0, 0.1) is 0 Å². The van der Waals surface area contributed by atoms with E-state index < -0.39 is 0 Å². The van der Waals surface area contributed by atoms with Crippen molar-refractivity contribution in [2.45, 2.75) is 31.7 Å². The van der Waals surface area contributed by atoms with Crippen LogP contribution in [0.15, 0.2) is 30.6 Å². The molecule has 7 nitrogen and oxygen atoms in total. The molecular formula is C17H22N6O. The zero-order valence-electron chi connectivity index (χ0n) is 13.7. The van der Waals surface area contributed by atoms with Crippen molar-refractivity contribution >= 4 is 5.91 Å². The zero-order chi connectivity index (χ0) is 16.4. The van der Waals surface area contributed by atoms with Crippen LogP contribution >= 0.6 is 0 Å². The summed E-state index contributed by atoms with van der Waals surface area (Å²) >= 11 is 0. The van der Waals surface area contributed by atoms with Crippen LogP contribution < -0.4 is 0 Å². The molecule has 1 aromatic heterocycles. The first-order chi connectivity index (χ1) is 11.8. The van der Waals surface area contributed by atoms with Crippen molar-refractivity contribution in [1.82, 2.24) is 30.0 Å². The van der Waals surface area contributed by atoms with E-state index in [1.165, 1.54) is 32.4 Å². The number of piperidine rings is 1. The largest absolute Gasteiger partial charge is 0.337 e. The second-order valence-corrected chi connectivity index (χ2v) is 6.59. The molecule has 0 bridgehead atoms. The Balaban J connectivity index is 1.44. The van der Waals surface area contributed by atoms with Crippen molar-refractivity contribution in [1.29, 1.82) is 0 Å². The molecule has 0 saturated carbocycles. The van der Waals surface area contributed by atoms with Gasteiger partial charge in [0.05, 0.1) is 5.69 Å². The zero-order valence-corrected chi connectivity index (χ0v) is 13.7. The SMILES string of the molecule is O=C(c1ccc(-n2cnnn2)cc1)N1CCC[C@H](N2CCCC2)C1. The highest BCUT2D eigenvalue weighted by Crippen LogP contribution is 2.22. The maximum Gasteiger partial charge on any atom is 0.253 e. The molecule has 1 amide bonds. The maximum atomic E-state index is 12.8. The molecular weight excluding hydrogens is 304 g/mol. The van der Waals surface area contributed by atoms with Crippen molar-refractivity contribution in [3.8, 4) is 5.69 Å². The maximum absolute atomic E-state index is 12.8. The summed E-state index contributed by atoms with van der Waals surface area (Å²) in [5, 5.41) is 11.1. The number of tetrazole rings is 1. The monoisotopic (exact) mass is 326 g/mol. The first kappa shape index (κ1) is 15.3. The Bertz CT molecular complexity index is 678. The van der Waals surface area contributed by atoms with Crippen molar-refractivity contribution in [2.24, 2.45) is 0 Å². The van der Waals surface area contributed by atoms with Gasteiger partial charge < -0.3 is 4.90 Å². The first-order valence-corrected chi connectivity index (χ1v) is 8.68. The molecule has 24 heavy (non-hydrogen) atoms. The van der Waals surface area contributed by atoms with Gasteiger partial charge in [-0.05, 0) is 73.5 Å². The summed E-state index contributed by atoms with van der Waals surface area (Å²) in [5.74, 6) is 0.127. The molecule has 2 fully saturated rings. The predicted molar refractivity (Wildman–Crippen MR) is 88.9 cm³/mol. The van der Waals surface area contributed by atoms with Gasteiger partial charge in [0.1, 0.15) is 6.33 Å². The third kappa shape index (κ3) is 3.03. The highest BCUT2D eigenvalue weighted by atomic mass is 16.2. The summed E-state index contributed by atoms with van der Waals surface area (Å²) in [6.07, 6.45) is 6.44. The molecule has 0 aliphatic carbocycles. The summed E-state index contributed by atoms with van der Waals surface area (Å²) in [5.41, 5.74) is 1.58. The molecule has 1 aromatic carbocycles. The lowest BCUT2D eigenvalue weighted by atomic mass is 10.0. The van der Waals surface area contributed by atoms with Gasteiger partial charge in [-0.1, -0.05) is 0 Å². The minimum absolute atomic E-state index is 0.127. The molecule has 126 valence electrons. The number of likely N-dealkylation sites (tertiary alicyclic amines) is 2. The molecule has 2 aliphatic rings. The summed E-state index contributed by atoms with van der Waals surface area (Å²) in [6.45, 7) is 4.09. The van der Waals surface area contributed by atoms with Crippen LogP contribution in [0.1, 0.15) is 36.0 Å². The number of rotatable bonds is 3. The van der Waals surface area contributed by atoms with Gasteiger partial charge in [0.25, 0.3) is 5.91 Å². The van der Waals surface area contributed by atoms with E-state index in [-0.39, 0.29) is 5.91 Å². The van der Waals surface area contributed by atoms with E-state index >= 15 is 0 Å². The van der Waals surface area contributed by atoms with Crippen molar-refractivity contribution in [3.05, 3.63) is 36.2 Å². The van der Waals surface area contributed by atoms with E-state index in [0.29, 0.717) is 6.04 Å². The normalized spacial score (nSPS) is 22.0. The van der Waals surface area contributed by atoms with E-state index in [1.807, 2.05) is 29.2 Å². The number of hydrogen-bond acceptors (Lipinski definition) is 5. The van der Waals surface area contributed by atoms with Crippen LogP contribution in [0.4, 0.5) is 0 Å². The summed E-state index contributed by atoms with van der Waals surface area (Å²) in [7, 11) is 0. The number of hydrogen-bond donors (Lipinski definition) is 0. The second-order valence-electron chi connectivity index (χ2n) is 6.59. The molecule has 3 heterocycles. The number of carbonyl (C=O) groups excluding carboxylic acids is 1. The van der Waals surface area contributed by atoms with Gasteiger partial charge in [-0.3, -0.25) is 9.69 Å². The molecule has 2 aliphatic heterocycles. The highest BCUT2D eigenvalue weighted by Gasteiger charge is 2.29. The smallest absolute Gasteiger partial charge is 0.253 e. The Morgan fingerprint density at radius 1 is 1.04 bits per heavy atom. The Morgan fingerprint density at radius 3 is 2.54 bits per heavy atom. The number of nitrogens with zero attached hydrogens (tertiary/aromatic N) is 6. The lowest BCUT2D eigenvalue weighted by Crippen LogP contribution is -2.48. The lowest BCUT2D eigenvalue weighted by Gasteiger charge is -2.37. The molecule has 4 rings (SSSR count). The molecule has 7 heteroatoms. The topological polar surface area (TPSA) is 67.2 Å². The number of carbonyl (C=O) groups is 1. The summed E-state index contributed by atoms with van der Waals surface area (Å²) in [6, 6.07) is 8.01. The van der Waals surface area contributed by atoms with Crippen LogP contribution in [-0.4, -0.2) is 68.1 Å². The van der Waals surface area contributed by atoms with Gasteiger partial charge in [0.2, 0.25) is 0 Å². The van der Waals surface area contributed by atoms with Gasteiger partial charge in [0.15, 0.2) is 0 Å². The lowest BCUT2D eigenvalue weighted by molar-refractivity contribution is 0.0608. The van der Waals surface area contributed by atoms with E-state index in [2.05, 4.69) is 20.4 Å². The van der Waals surface area contributed by atoms with Gasteiger partial charge in [0, 0.05) is 24.7 Å². The van der Waals surface area contributed by atoms with Crippen LogP contribution in [0.5, 0.6) is 0 Å². The fraction of sp³-hybridized carbons (Fsp3) is 0.529. The van der Waals surface area contributed by atoms with Gasteiger partial charge in [-0.15, -0.1) is 5.10 Å². The minimum Gasteiger partial charge on any atom is -0.337 e. The molecule has 2 aromatic rings. The third-order valence-electron chi connectivity index (χ3n) is 5.07. The summed E-state index contributed by atoms with van der Waals surface area (Å²) in [4.78, 5) is 17.4. The summed E-state index contributed by atoms with van der Waals surface area (Å²) < 4.78 is 1.58. The standard InChI is InChI=1S/C17H22N6O/c24-17(14-5-7-15(8-6-14)23-13-18-19-20-23)22-11-3-4-16(12-22)21-9-1-2-10-21/h5-8,13,16H,1-4,9-12H2/t16-/m0/s1. The van der Waals surface area contributed by atoms with Crippen LogP contribution in [0.2, 0.25) is 0 Å². The molecule has 0 radical (unpaired) electrons. The average Bonchev–Trinajstić information content (AvgIpc) is 3.35. The first-order valence-electron chi connectivity index (χ1n) is 8.68. The Morgan fingerprint density at radius 2 is 1.83 bits per heavy atom. The number of aromatic nitrogens is 4. The van der Waals surface area contributed by atoms with Crippen molar-refractivity contribution < 1.29 is 4.79 Å². The van der Waals surface area contributed by atoms with Crippen molar-refractivity contribution in [2.75, 3.05) is 26.2 Å². The third-order valence-corrected chi connectivity index (χ3v) is 5.07. The van der Waals surface area contributed by atoms with Gasteiger partial charge in [-0.2, -0.15) is 0 Å². The van der Waals surface area contributed by atoms with Crippen LogP contribution in [-0.2, 0) is 0 Å². The van der Waals surface area contributed by atoms with Gasteiger partial charge >= 0.3 is 0 Å². The number of amides is 1. The van der Waals surface area contributed by atoms with E-state index in [4.69, 9.17) is 0 Å². The quantitative estimate of drug-likeness (QED) is 0.852. The fourth-order valence-corrected chi connectivity index (χ4v) is 3.76. The van der Waals surface area contributed by atoms with Crippen LogP contribution in [0.25, 0.3) is 5.69 Å². The second kappa shape index (κ2) is 6.68. The van der Waals surface area contributed by atoms with Gasteiger partial charge in [-0.25, -0.2) is 4.68 Å². The van der Waals surface area contributed by atoms with Crippen LogP contribution in [0.3, 0.4) is 0 Å². The molecule has 2 saturated heterocycles. The van der Waals surface area contributed by atoms with E-state index in [0.717, 1.165) is 30.8 Å².